The van der Waals surface area contributed by atoms with Gasteiger partial charge in [-0.3, -0.25) is 0 Å². The fourth-order valence-corrected chi connectivity index (χ4v) is 0.638. The van der Waals surface area contributed by atoms with Crippen molar-refractivity contribution in [1.29, 1.82) is 0 Å². The third-order valence-electron chi connectivity index (χ3n) is 1.39. The van der Waals surface area contributed by atoms with Crippen molar-refractivity contribution >= 4 is 12.0 Å². The first-order valence-electron chi connectivity index (χ1n) is 4.12. The Morgan fingerprint density at radius 2 is 2.36 bits per heavy atom. The molecular weight excluding hydrogens is 186 g/mol. The second-order valence-electron chi connectivity index (χ2n) is 2.79. The van der Waals surface area contributed by atoms with Crippen molar-refractivity contribution in [3.63, 3.8) is 0 Å². The molecule has 0 bridgehead atoms. The molecule has 0 aliphatic rings. The van der Waals surface area contributed by atoms with Gasteiger partial charge in [-0.2, -0.15) is 0 Å². The predicted octanol–water partition coefficient (Wildman–Crippen LogP) is 0.192. The maximum absolute atomic E-state index is 10.9. The smallest absolute Gasteiger partial charge is 0.333 e. The van der Waals surface area contributed by atoms with Crippen LogP contribution in [0.3, 0.4) is 0 Å². The van der Waals surface area contributed by atoms with Gasteiger partial charge in [-0.25, -0.2) is 14.6 Å². The molecule has 0 heterocycles. The minimum absolute atomic E-state index is 0.111. The lowest BCUT2D eigenvalue weighted by molar-refractivity contribution is -0.141. The topological polar surface area (TPSA) is 76.0 Å². The van der Waals surface area contributed by atoms with Crippen LogP contribution in [0, 0.1) is 0 Å². The number of carbonyl (C=O) groups excluding carboxylic acids is 2. The average Bonchev–Trinajstić information content (AvgIpc) is 2.14. The van der Waals surface area contributed by atoms with Gasteiger partial charge in [-0.15, -0.1) is 0 Å². The Hall–Kier alpha value is -1.45. The van der Waals surface area contributed by atoms with Crippen LogP contribution in [0.5, 0.6) is 0 Å². The summed E-state index contributed by atoms with van der Waals surface area (Å²) in [6.45, 7) is 4.97. The van der Waals surface area contributed by atoms with Gasteiger partial charge in [0.25, 0.3) is 0 Å². The summed E-state index contributed by atoms with van der Waals surface area (Å²) in [7, 11) is 0. The van der Waals surface area contributed by atoms with E-state index in [2.05, 4.69) is 16.3 Å². The summed E-state index contributed by atoms with van der Waals surface area (Å²) in [6, 6.07) is 0. The maximum atomic E-state index is 10.9. The van der Waals surface area contributed by atoms with E-state index >= 15 is 0 Å². The van der Waals surface area contributed by atoms with Crippen LogP contribution in [0.1, 0.15) is 13.3 Å². The zero-order chi connectivity index (χ0) is 11.0. The number of aliphatic hydroxyl groups is 1. The number of carbonyl (C=O) groups is 1. The molecule has 0 aromatic carbocycles. The van der Waals surface area contributed by atoms with E-state index in [0.29, 0.717) is 0 Å². The molecule has 0 saturated heterocycles. The van der Waals surface area contributed by atoms with E-state index in [1.807, 2.05) is 0 Å². The van der Waals surface area contributed by atoms with Crippen LogP contribution in [0.2, 0.25) is 0 Å². The third kappa shape index (κ3) is 6.11. The van der Waals surface area contributed by atoms with E-state index in [0.717, 1.165) is 0 Å². The Morgan fingerprint density at radius 3 is 2.86 bits per heavy atom. The van der Waals surface area contributed by atoms with Gasteiger partial charge in [0, 0.05) is 5.57 Å². The highest BCUT2D eigenvalue weighted by atomic mass is 16.5. The standard InChI is InChI=1S/C9H13NO4/c1-7(2)9(13)14-5-8(12)3-4-10-6-11/h8,12H,1,3-5H2,2H3. The molecule has 0 aliphatic heterocycles. The fourth-order valence-electron chi connectivity index (χ4n) is 0.638. The Labute approximate surface area is 82.1 Å². The molecule has 0 aromatic heterocycles. The van der Waals surface area contributed by atoms with E-state index < -0.39 is 12.1 Å². The molecule has 0 aromatic rings. The molecule has 1 unspecified atom stereocenters. The van der Waals surface area contributed by atoms with Crippen LogP contribution in [-0.2, 0) is 14.3 Å². The van der Waals surface area contributed by atoms with Gasteiger partial charge in [0.15, 0.2) is 0 Å². The lowest BCUT2D eigenvalue weighted by Gasteiger charge is -2.09. The Kier molecular flexibility index (Phi) is 6.28. The fraction of sp³-hybridized carbons (Fsp3) is 0.556. The van der Waals surface area contributed by atoms with Crippen molar-refractivity contribution in [2.24, 2.45) is 4.99 Å². The molecule has 0 rings (SSSR count). The van der Waals surface area contributed by atoms with Crippen LogP contribution >= 0.6 is 0 Å². The van der Waals surface area contributed by atoms with Crippen LogP contribution in [0.15, 0.2) is 17.1 Å². The summed E-state index contributed by atoms with van der Waals surface area (Å²) in [4.78, 5) is 23.8. The first-order valence-corrected chi connectivity index (χ1v) is 4.12. The Bertz CT molecular complexity index is 256. The highest BCUT2D eigenvalue weighted by Crippen LogP contribution is 1.97. The molecule has 0 fully saturated rings. The number of hydrogen-bond donors (Lipinski definition) is 1. The number of nitrogens with zero attached hydrogens (tertiary/aromatic N) is 1. The monoisotopic (exact) mass is 199 g/mol. The number of hydrogen-bond acceptors (Lipinski definition) is 5. The zero-order valence-corrected chi connectivity index (χ0v) is 8.02. The number of esters is 1. The molecule has 78 valence electrons. The summed E-state index contributed by atoms with van der Waals surface area (Å²) in [5.74, 6) is -0.539. The first-order chi connectivity index (χ1) is 6.57. The molecule has 0 radical (unpaired) electrons. The molecule has 1 N–H and O–H groups in total. The van der Waals surface area contributed by atoms with Gasteiger partial charge in [0.2, 0.25) is 6.08 Å². The lowest BCUT2D eigenvalue weighted by atomic mass is 10.3. The molecular formula is C9H13NO4. The highest BCUT2D eigenvalue weighted by molar-refractivity contribution is 5.86. The second kappa shape index (κ2) is 7.00. The summed E-state index contributed by atoms with van der Waals surface area (Å²) in [5.41, 5.74) is 0.281. The summed E-state index contributed by atoms with van der Waals surface area (Å²) in [6.07, 6.45) is 0.801. The minimum Gasteiger partial charge on any atom is -0.460 e. The molecule has 0 saturated carbocycles. The van der Waals surface area contributed by atoms with Crippen molar-refractivity contribution in [3.8, 4) is 0 Å². The second-order valence-corrected chi connectivity index (χ2v) is 2.79. The van der Waals surface area contributed by atoms with E-state index in [9.17, 15) is 14.7 Å². The molecule has 0 spiro atoms. The van der Waals surface area contributed by atoms with E-state index in [4.69, 9.17) is 0 Å². The molecule has 0 amide bonds. The number of rotatable bonds is 6. The lowest BCUT2D eigenvalue weighted by Crippen LogP contribution is -2.19. The van der Waals surface area contributed by atoms with Crippen molar-refractivity contribution in [3.05, 3.63) is 12.2 Å². The van der Waals surface area contributed by atoms with Gasteiger partial charge in [0.1, 0.15) is 6.61 Å². The summed E-state index contributed by atoms with van der Waals surface area (Å²) >= 11 is 0. The average molecular weight is 199 g/mol. The quantitative estimate of drug-likeness (QED) is 0.287. The Balaban J connectivity index is 3.63. The van der Waals surface area contributed by atoms with Gasteiger partial charge in [0.05, 0.1) is 12.6 Å². The molecule has 14 heavy (non-hydrogen) atoms. The summed E-state index contributed by atoms with van der Waals surface area (Å²) < 4.78 is 4.67. The van der Waals surface area contributed by atoms with Crippen LogP contribution in [0.4, 0.5) is 0 Å². The molecule has 1 atom stereocenters. The highest BCUT2D eigenvalue weighted by Gasteiger charge is 2.08. The van der Waals surface area contributed by atoms with Gasteiger partial charge in [-0.1, -0.05) is 6.58 Å². The number of isocyanates is 1. The summed E-state index contributed by atoms with van der Waals surface area (Å²) in [5, 5.41) is 9.21. The third-order valence-corrected chi connectivity index (χ3v) is 1.39. The zero-order valence-electron chi connectivity index (χ0n) is 8.02. The number of aliphatic hydroxyl groups excluding tert-OH is 1. The minimum atomic E-state index is -0.810. The van der Waals surface area contributed by atoms with Crippen molar-refractivity contribution < 1.29 is 19.4 Å². The molecule has 0 aliphatic carbocycles. The largest absolute Gasteiger partial charge is 0.460 e. The van der Waals surface area contributed by atoms with Crippen molar-refractivity contribution in [2.75, 3.05) is 13.2 Å². The molecule has 5 heteroatoms. The van der Waals surface area contributed by atoms with Gasteiger partial charge < -0.3 is 9.84 Å². The number of ether oxygens (including phenoxy) is 1. The number of aliphatic imine (C=N–C) groups is 1. The predicted molar refractivity (Wildman–Crippen MR) is 49.4 cm³/mol. The van der Waals surface area contributed by atoms with E-state index in [1.165, 1.54) is 13.0 Å². The van der Waals surface area contributed by atoms with Crippen molar-refractivity contribution in [2.45, 2.75) is 19.4 Å². The van der Waals surface area contributed by atoms with E-state index in [1.54, 1.807) is 0 Å². The maximum Gasteiger partial charge on any atom is 0.333 e. The first kappa shape index (κ1) is 12.6. The van der Waals surface area contributed by atoms with Crippen LogP contribution in [-0.4, -0.2) is 36.4 Å². The SMILES string of the molecule is C=C(C)C(=O)OCC(O)CCN=C=O. The normalized spacial score (nSPS) is 11.3. The van der Waals surface area contributed by atoms with E-state index in [-0.39, 0.29) is 25.1 Å². The molecule has 5 nitrogen and oxygen atoms in total. The van der Waals surface area contributed by atoms with Crippen LogP contribution in [0.25, 0.3) is 0 Å². The van der Waals surface area contributed by atoms with Crippen LogP contribution < -0.4 is 0 Å². The van der Waals surface area contributed by atoms with Crippen molar-refractivity contribution in [1.82, 2.24) is 0 Å². The Morgan fingerprint density at radius 1 is 1.71 bits per heavy atom. The van der Waals surface area contributed by atoms with Gasteiger partial charge >= 0.3 is 5.97 Å². The van der Waals surface area contributed by atoms with Gasteiger partial charge in [-0.05, 0) is 13.3 Å².